The average Bonchev–Trinajstić information content (AvgIpc) is 2.47. The SMILES string of the molecule is CC1(C)[C@@H]2C[C@H]1[C@](O)(CCOCc1ccccc1)[C@@H](O)C2. The van der Waals surface area contributed by atoms with Crippen LogP contribution >= 0.6 is 0 Å². The maximum atomic E-state index is 10.9. The number of rotatable bonds is 5. The Labute approximate surface area is 127 Å². The first kappa shape index (κ1) is 15.0. The van der Waals surface area contributed by atoms with E-state index in [0.717, 1.165) is 18.4 Å². The van der Waals surface area contributed by atoms with E-state index in [0.29, 0.717) is 25.6 Å². The highest BCUT2D eigenvalue weighted by Gasteiger charge is 2.64. The van der Waals surface area contributed by atoms with E-state index in [1.54, 1.807) is 0 Å². The summed E-state index contributed by atoms with van der Waals surface area (Å²) in [7, 11) is 0. The highest BCUT2D eigenvalue weighted by molar-refractivity contribution is 5.14. The Kier molecular flexibility index (Phi) is 3.85. The van der Waals surface area contributed by atoms with Gasteiger partial charge in [0.15, 0.2) is 0 Å². The zero-order valence-electron chi connectivity index (χ0n) is 13.0. The molecule has 0 radical (unpaired) electrons. The summed E-state index contributed by atoms with van der Waals surface area (Å²) in [4.78, 5) is 0. The molecule has 4 rings (SSSR count). The number of hydrogen-bond acceptors (Lipinski definition) is 3. The molecule has 0 aromatic heterocycles. The minimum absolute atomic E-state index is 0.146. The summed E-state index contributed by atoms with van der Waals surface area (Å²) in [6, 6.07) is 10.0. The van der Waals surface area contributed by atoms with Gasteiger partial charge in [-0.25, -0.2) is 0 Å². The van der Waals surface area contributed by atoms with Crippen molar-refractivity contribution in [2.75, 3.05) is 6.61 Å². The minimum Gasteiger partial charge on any atom is -0.390 e. The van der Waals surface area contributed by atoms with Crippen LogP contribution in [0, 0.1) is 17.3 Å². The molecule has 0 amide bonds. The van der Waals surface area contributed by atoms with Crippen LogP contribution in [0.2, 0.25) is 0 Å². The molecule has 116 valence electrons. The highest BCUT2D eigenvalue weighted by Crippen LogP contribution is 2.63. The Morgan fingerprint density at radius 2 is 1.90 bits per heavy atom. The summed E-state index contributed by atoms with van der Waals surface area (Å²) < 4.78 is 5.70. The van der Waals surface area contributed by atoms with Gasteiger partial charge in [0.1, 0.15) is 0 Å². The fraction of sp³-hybridized carbons (Fsp3) is 0.667. The summed E-state index contributed by atoms with van der Waals surface area (Å²) >= 11 is 0. The number of aliphatic hydroxyl groups is 2. The Bertz CT molecular complexity index is 484. The Morgan fingerprint density at radius 1 is 1.19 bits per heavy atom. The van der Waals surface area contributed by atoms with Gasteiger partial charge in [0, 0.05) is 13.0 Å². The molecule has 3 heteroatoms. The molecule has 3 fully saturated rings. The normalized spacial score (nSPS) is 37.0. The fourth-order valence-corrected chi connectivity index (χ4v) is 4.31. The molecule has 0 unspecified atom stereocenters. The van der Waals surface area contributed by atoms with Crippen molar-refractivity contribution in [3.63, 3.8) is 0 Å². The Morgan fingerprint density at radius 3 is 2.57 bits per heavy atom. The van der Waals surface area contributed by atoms with Gasteiger partial charge in [0.25, 0.3) is 0 Å². The van der Waals surface area contributed by atoms with Crippen LogP contribution in [0.1, 0.15) is 38.7 Å². The molecule has 4 atom stereocenters. The van der Waals surface area contributed by atoms with Crippen LogP contribution < -0.4 is 0 Å². The molecule has 0 aliphatic heterocycles. The second kappa shape index (κ2) is 5.38. The molecule has 3 saturated carbocycles. The maximum Gasteiger partial charge on any atom is 0.0960 e. The third-order valence-corrected chi connectivity index (χ3v) is 5.92. The van der Waals surface area contributed by atoms with Crippen molar-refractivity contribution < 1.29 is 14.9 Å². The fourth-order valence-electron chi connectivity index (χ4n) is 4.31. The van der Waals surface area contributed by atoms with Gasteiger partial charge in [-0.05, 0) is 35.7 Å². The van der Waals surface area contributed by atoms with E-state index in [4.69, 9.17) is 4.74 Å². The highest BCUT2D eigenvalue weighted by atomic mass is 16.5. The first-order valence-corrected chi connectivity index (χ1v) is 7.96. The van der Waals surface area contributed by atoms with E-state index in [1.807, 2.05) is 30.3 Å². The van der Waals surface area contributed by atoms with Gasteiger partial charge in [-0.2, -0.15) is 0 Å². The zero-order chi connectivity index (χ0) is 15.1. The van der Waals surface area contributed by atoms with Gasteiger partial charge in [0.05, 0.1) is 18.3 Å². The van der Waals surface area contributed by atoms with E-state index in [9.17, 15) is 10.2 Å². The molecule has 1 aromatic carbocycles. The molecular formula is C18H26O3. The lowest BCUT2D eigenvalue weighted by molar-refractivity contribution is -0.259. The van der Waals surface area contributed by atoms with E-state index in [-0.39, 0.29) is 11.3 Å². The van der Waals surface area contributed by atoms with Crippen LogP contribution in [0.5, 0.6) is 0 Å². The first-order chi connectivity index (χ1) is 9.94. The molecule has 0 spiro atoms. The lowest BCUT2D eigenvalue weighted by Crippen LogP contribution is -2.67. The van der Waals surface area contributed by atoms with E-state index in [1.165, 1.54) is 0 Å². The van der Waals surface area contributed by atoms with Gasteiger partial charge in [0.2, 0.25) is 0 Å². The van der Waals surface area contributed by atoms with Crippen molar-refractivity contribution in [1.29, 1.82) is 0 Å². The molecule has 3 aliphatic rings. The maximum absolute atomic E-state index is 10.9. The van der Waals surface area contributed by atoms with Crippen molar-refractivity contribution >= 4 is 0 Å². The van der Waals surface area contributed by atoms with Crippen molar-refractivity contribution in [1.82, 2.24) is 0 Å². The summed E-state index contributed by atoms with van der Waals surface area (Å²) in [6.07, 6.45) is 1.68. The molecule has 0 heterocycles. The van der Waals surface area contributed by atoms with Crippen LogP contribution in [0.3, 0.4) is 0 Å². The standard InChI is InChI=1S/C18H26O3/c1-17(2)14-10-15(17)18(20,16(19)11-14)8-9-21-12-13-6-4-3-5-7-13/h3-7,14-16,19-20H,8-12H2,1-2H3/t14-,15-,16+,18-/m1/s1. The molecule has 1 aromatic rings. The molecule has 3 nitrogen and oxygen atoms in total. The average molecular weight is 290 g/mol. The van der Waals surface area contributed by atoms with Gasteiger partial charge in [-0.3, -0.25) is 0 Å². The summed E-state index contributed by atoms with van der Waals surface area (Å²) in [5, 5.41) is 21.2. The number of fused-ring (bicyclic) bond motifs is 2. The topological polar surface area (TPSA) is 49.7 Å². The molecule has 2 bridgehead atoms. The number of hydrogen-bond donors (Lipinski definition) is 2. The van der Waals surface area contributed by atoms with Crippen molar-refractivity contribution in [2.24, 2.45) is 17.3 Å². The largest absolute Gasteiger partial charge is 0.390 e. The molecule has 0 saturated heterocycles. The van der Waals surface area contributed by atoms with Crippen LogP contribution in [0.15, 0.2) is 30.3 Å². The van der Waals surface area contributed by atoms with Crippen LogP contribution in [-0.4, -0.2) is 28.5 Å². The monoisotopic (exact) mass is 290 g/mol. The summed E-state index contributed by atoms with van der Waals surface area (Å²) in [6.45, 7) is 5.48. The molecule has 21 heavy (non-hydrogen) atoms. The first-order valence-electron chi connectivity index (χ1n) is 7.96. The second-order valence-corrected chi connectivity index (χ2v) is 7.34. The van der Waals surface area contributed by atoms with Crippen LogP contribution in [0.4, 0.5) is 0 Å². The quantitative estimate of drug-likeness (QED) is 0.820. The van der Waals surface area contributed by atoms with Crippen LogP contribution in [-0.2, 0) is 11.3 Å². The van der Waals surface area contributed by atoms with E-state index in [2.05, 4.69) is 13.8 Å². The smallest absolute Gasteiger partial charge is 0.0960 e. The number of aliphatic hydroxyl groups excluding tert-OH is 1. The third kappa shape index (κ3) is 2.52. The lowest BCUT2D eigenvalue weighted by atomic mass is 9.43. The van der Waals surface area contributed by atoms with Crippen molar-refractivity contribution in [3.05, 3.63) is 35.9 Å². The summed E-state index contributed by atoms with van der Waals surface area (Å²) in [5.74, 6) is 0.752. The predicted molar refractivity (Wildman–Crippen MR) is 81.7 cm³/mol. The lowest BCUT2D eigenvalue weighted by Gasteiger charge is -2.65. The van der Waals surface area contributed by atoms with Crippen molar-refractivity contribution in [2.45, 2.75) is 51.4 Å². The zero-order valence-corrected chi connectivity index (χ0v) is 13.0. The van der Waals surface area contributed by atoms with Crippen molar-refractivity contribution in [3.8, 4) is 0 Å². The predicted octanol–water partition coefficient (Wildman–Crippen LogP) is 2.75. The Balaban J connectivity index is 1.54. The second-order valence-electron chi connectivity index (χ2n) is 7.34. The van der Waals surface area contributed by atoms with E-state index < -0.39 is 11.7 Å². The van der Waals surface area contributed by atoms with E-state index >= 15 is 0 Å². The molecule has 3 aliphatic carbocycles. The number of ether oxygens (including phenoxy) is 1. The summed E-state index contributed by atoms with van der Waals surface area (Å²) in [5.41, 5.74) is 0.306. The Hall–Kier alpha value is -0.900. The van der Waals surface area contributed by atoms with Gasteiger partial charge >= 0.3 is 0 Å². The minimum atomic E-state index is -0.977. The number of benzene rings is 1. The third-order valence-electron chi connectivity index (χ3n) is 5.92. The van der Waals surface area contributed by atoms with Crippen LogP contribution in [0.25, 0.3) is 0 Å². The molecule has 2 N–H and O–H groups in total. The molecular weight excluding hydrogens is 264 g/mol. The van der Waals surface area contributed by atoms with Gasteiger partial charge in [-0.1, -0.05) is 44.2 Å². The van der Waals surface area contributed by atoms with Gasteiger partial charge in [-0.15, -0.1) is 0 Å². The van der Waals surface area contributed by atoms with Gasteiger partial charge < -0.3 is 14.9 Å².